The van der Waals surface area contributed by atoms with Gasteiger partial charge in [-0.1, -0.05) is 44.9 Å². The largest absolute Gasteiger partial charge is 0.271 e. The van der Waals surface area contributed by atoms with Crippen molar-refractivity contribution in [2.45, 2.75) is 70.3 Å². The van der Waals surface area contributed by atoms with Gasteiger partial charge in [-0.25, -0.2) is 0 Å². The molecule has 3 atom stereocenters. The van der Waals surface area contributed by atoms with E-state index >= 15 is 0 Å². The molecule has 2 nitrogen and oxygen atoms in total. The SMILES string of the molecule is NNC(CC1CCCCC1)C1C2CCCCC21. The van der Waals surface area contributed by atoms with Crippen LogP contribution in [0.25, 0.3) is 0 Å². The lowest BCUT2D eigenvalue weighted by molar-refractivity contribution is 0.277. The number of nitrogens with one attached hydrogen (secondary N) is 1. The lowest BCUT2D eigenvalue weighted by Gasteiger charge is -2.26. The van der Waals surface area contributed by atoms with E-state index in [1.807, 2.05) is 0 Å². The van der Waals surface area contributed by atoms with Crippen LogP contribution in [0.5, 0.6) is 0 Å². The van der Waals surface area contributed by atoms with E-state index in [0.717, 1.165) is 23.7 Å². The first kappa shape index (κ1) is 12.0. The van der Waals surface area contributed by atoms with Gasteiger partial charge >= 0.3 is 0 Å². The molecule has 3 fully saturated rings. The highest BCUT2D eigenvalue weighted by Crippen LogP contribution is 2.57. The third kappa shape index (κ3) is 2.53. The Morgan fingerprint density at radius 1 is 0.882 bits per heavy atom. The predicted molar refractivity (Wildman–Crippen MR) is 71.2 cm³/mol. The van der Waals surface area contributed by atoms with Crippen molar-refractivity contribution in [1.29, 1.82) is 0 Å². The molecule has 0 aromatic carbocycles. The van der Waals surface area contributed by atoms with Crippen molar-refractivity contribution < 1.29 is 0 Å². The Morgan fingerprint density at radius 2 is 1.47 bits per heavy atom. The van der Waals surface area contributed by atoms with Crippen LogP contribution in [0.1, 0.15) is 64.2 Å². The van der Waals surface area contributed by atoms with Gasteiger partial charge in [-0.15, -0.1) is 0 Å². The van der Waals surface area contributed by atoms with Gasteiger partial charge in [0.25, 0.3) is 0 Å². The summed E-state index contributed by atoms with van der Waals surface area (Å²) in [6, 6.07) is 0.631. The molecule has 0 radical (unpaired) electrons. The number of hydrazine groups is 1. The number of fused-ring (bicyclic) bond motifs is 1. The van der Waals surface area contributed by atoms with Crippen molar-refractivity contribution in [3.05, 3.63) is 0 Å². The molecule has 3 rings (SSSR count). The van der Waals surface area contributed by atoms with Crippen molar-refractivity contribution in [3.8, 4) is 0 Å². The Labute approximate surface area is 106 Å². The molecule has 17 heavy (non-hydrogen) atoms. The minimum Gasteiger partial charge on any atom is -0.271 e. The van der Waals surface area contributed by atoms with Crippen LogP contribution < -0.4 is 11.3 Å². The molecule has 3 aliphatic carbocycles. The summed E-state index contributed by atoms with van der Waals surface area (Å²) in [5.41, 5.74) is 3.17. The molecule has 0 amide bonds. The summed E-state index contributed by atoms with van der Waals surface area (Å²) in [6.45, 7) is 0. The standard InChI is InChI=1S/C15H28N2/c16-17-14(10-11-6-2-1-3-7-11)15-12-8-4-5-9-13(12)15/h11-15,17H,1-10,16H2. The zero-order valence-electron chi connectivity index (χ0n) is 11.0. The van der Waals surface area contributed by atoms with Gasteiger partial charge in [-0.3, -0.25) is 11.3 Å². The summed E-state index contributed by atoms with van der Waals surface area (Å²) in [5, 5.41) is 0. The Kier molecular flexibility index (Phi) is 3.72. The lowest BCUT2D eigenvalue weighted by atomic mass is 9.83. The number of rotatable bonds is 4. The fourth-order valence-corrected chi connectivity index (χ4v) is 4.76. The minimum absolute atomic E-state index is 0.631. The van der Waals surface area contributed by atoms with Gasteiger partial charge < -0.3 is 0 Å². The van der Waals surface area contributed by atoms with E-state index in [9.17, 15) is 0 Å². The van der Waals surface area contributed by atoms with Crippen LogP contribution >= 0.6 is 0 Å². The van der Waals surface area contributed by atoms with Crippen LogP contribution in [0, 0.1) is 23.7 Å². The van der Waals surface area contributed by atoms with Crippen molar-refractivity contribution in [3.63, 3.8) is 0 Å². The third-order valence-electron chi connectivity index (χ3n) is 5.71. The second-order valence-electron chi connectivity index (χ2n) is 6.70. The first-order valence-corrected chi connectivity index (χ1v) is 7.86. The lowest BCUT2D eigenvalue weighted by Crippen LogP contribution is -2.39. The molecule has 0 spiro atoms. The topological polar surface area (TPSA) is 38.0 Å². The zero-order chi connectivity index (χ0) is 11.7. The Morgan fingerprint density at radius 3 is 2.06 bits per heavy atom. The maximum absolute atomic E-state index is 5.84. The summed E-state index contributed by atoms with van der Waals surface area (Å²) < 4.78 is 0. The molecule has 3 saturated carbocycles. The van der Waals surface area contributed by atoms with Gasteiger partial charge in [0, 0.05) is 6.04 Å². The molecular weight excluding hydrogens is 208 g/mol. The van der Waals surface area contributed by atoms with Crippen molar-refractivity contribution in [1.82, 2.24) is 5.43 Å². The summed E-state index contributed by atoms with van der Waals surface area (Å²) in [7, 11) is 0. The smallest absolute Gasteiger partial charge is 0.0246 e. The molecule has 0 heterocycles. The van der Waals surface area contributed by atoms with E-state index in [1.165, 1.54) is 64.2 Å². The first-order chi connectivity index (χ1) is 8.40. The number of hydrogen-bond donors (Lipinski definition) is 2. The average Bonchev–Trinajstić information content (AvgIpc) is 3.11. The Hall–Kier alpha value is -0.0800. The van der Waals surface area contributed by atoms with Crippen LogP contribution in [0.3, 0.4) is 0 Å². The van der Waals surface area contributed by atoms with Crippen LogP contribution in [-0.4, -0.2) is 6.04 Å². The van der Waals surface area contributed by atoms with E-state index in [0.29, 0.717) is 6.04 Å². The normalized spacial score (nSPS) is 39.7. The van der Waals surface area contributed by atoms with Gasteiger partial charge in [-0.05, 0) is 42.9 Å². The number of hydrogen-bond acceptors (Lipinski definition) is 2. The monoisotopic (exact) mass is 236 g/mol. The minimum atomic E-state index is 0.631. The van der Waals surface area contributed by atoms with Crippen LogP contribution in [0.15, 0.2) is 0 Å². The fraction of sp³-hybridized carbons (Fsp3) is 1.00. The van der Waals surface area contributed by atoms with Gasteiger partial charge in [0.05, 0.1) is 0 Å². The van der Waals surface area contributed by atoms with Crippen LogP contribution in [0.4, 0.5) is 0 Å². The average molecular weight is 236 g/mol. The molecule has 0 aliphatic heterocycles. The van der Waals surface area contributed by atoms with E-state index < -0.39 is 0 Å². The molecule has 3 unspecified atom stereocenters. The molecule has 98 valence electrons. The van der Waals surface area contributed by atoms with Crippen molar-refractivity contribution in [2.75, 3.05) is 0 Å². The predicted octanol–water partition coefficient (Wildman–Crippen LogP) is 3.22. The van der Waals surface area contributed by atoms with Crippen molar-refractivity contribution >= 4 is 0 Å². The molecule has 3 aliphatic rings. The maximum Gasteiger partial charge on any atom is 0.0246 e. The summed E-state index contributed by atoms with van der Waals surface area (Å²) in [4.78, 5) is 0. The highest BCUT2D eigenvalue weighted by Gasteiger charge is 2.53. The first-order valence-electron chi connectivity index (χ1n) is 7.86. The Bertz CT molecular complexity index is 235. The zero-order valence-corrected chi connectivity index (χ0v) is 11.0. The van der Waals surface area contributed by atoms with Crippen LogP contribution in [-0.2, 0) is 0 Å². The van der Waals surface area contributed by atoms with E-state index in [4.69, 9.17) is 5.84 Å². The molecule has 0 bridgehead atoms. The second-order valence-corrected chi connectivity index (χ2v) is 6.70. The maximum atomic E-state index is 5.84. The van der Waals surface area contributed by atoms with E-state index in [2.05, 4.69) is 5.43 Å². The summed E-state index contributed by atoms with van der Waals surface area (Å²) in [5.74, 6) is 9.81. The molecule has 0 aromatic heterocycles. The molecular formula is C15H28N2. The fourth-order valence-electron chi connectivity index (χ4n) is 4.76. The second kappa shape index (κ2) is 5.27. The van der Waals surface area contributed by atoms with E-state index in [-0.39, 0.29) is 0 Å². The molecule has 0 aromatic rings. The van der Waals surface area contributed by atoms with Gasteiger partial charge in [0.1, 0.15) is 0 Å². The molecule has 2 heteroatoms. The van der Waals surface area contributed by atoms with Gasteiger partial charge in [0.2, 0.25) is 0 Å². The van der Waals surface area contributed by atoms with Crippen LogP contribution in [0.2, 0.25) is 0 Å². The molecule has 3 N–H and O–H groups in total. The quantitative estimate of drug-likeness (QED) is 0.581. The highest BCUT2D eigenvalue weighted by molar-refractivity contribution is 5.04. The number of nitrogens with two attached hydrogens (primary N) is 1. The Balaban J connectivity index is 1.52. The molecule has 0 saturated heterocycles. The van der Waals surface area contributed by atoms with Crippen molar-refractivity contribution in [2.24, 2.45) is 29.5 Å². The van der Waals surface area contributed by atoms with E-state index in [1.54, 1.807) is 0 Å². The third-order valence-corrected chi connectivity index (χ3v) is 5.71. The van der Waals surface area contributed by atoms with Gasteiger partial charge in [0.15, 0.2) is 0 Å². The van der Waals surface area contributed by atoms with Gasteiger partial charge in [-0.2, -0.15) is 0 Å². The summed E-state index contributed by atoms with van der Waals surface area (Å²) in [6.07, 6.45) is 14.6. The summed E-state index contributed by atoms with van der Waals surface area (Å²) >= 11 is 0. The highest BCUT2D eigenvalue weighted by atomic mass is 15.2.